The number of hydrogen-bond donors (Lipinski definition) is 1. The molecule has 6 heteroatoms. The predicted molar refractivity (Wildman–Crippen MR) is 206 cm³/mol. The quantitative estimate of drug-likeness (QED) is 0.0817. The summed E-state index contributed by atoms with van der Waals surface area (Å²) in [5, 5.41) is 15.6. The van der Waals surface area contributed by atoms with Gasteiger partial charge >= 0.3 is 0 Å². The first-order chi connectivity index (χ1) is 22.9. The van der Waals surface area contributed by atoms with E-state index in [4.69, 9.17) is 9.97 Å². The number of fused-ring (bicyclic) bond motifs is 2. The van der Waals surface area contributed by atoms with Gasteiger partial charge in [0.2, 0.25) is 0 Å². The van der Waals surface area contributed by atoms with E-state index < -0.39 is 0 Å². The third-order valence-corrected chi connectivity index (χ3v) is 10.1. The molecule has 0 amide bonds. The topological polar surface area (TPSA) is 63.1 Å². The Kier molecular flexibility index (Phi) is 14.9. The molecule has 5 aromatic rings. The van der Waals surface area contributed by atoms with Crippen molar-refractivity contribution in [2.24, 2.45) is 17.8 Å². The molecular formula is C43H53IrN2O2S-. The van der Waals surface area contributed by atoms with Crippen LogP contribution in [0.1, 0.15) is 99.3 Å². The van der Waals surface area contributed by atoms with Crippen LogP contribution in [0.25, 0.3) is 43.2 Å². The summed E-state index contributed by atoms with van der Waals surface area (Å²) in [6.07, 6.45) is 9.85. The van der Waals surface area contributed by atoms with Crippen LogP contribution in [0.5, 0.6) is 0 Å². The van der Waals surface area contributed by atoms with Gasteiger partial charge in [-0.3, -0.25) is 14.8 Å². The van der Waals surface area contributed by atoms with Gasteiger partial charge in [0.05, 0.1) is 5.76 Å². The van der Waals surface area contributed by atoms with Gasteiger partial charge in [-0.25, -0.2) is 0 Å². The van der Waals surface area contributed by atoms with Crippen LogP contribution in [0.15, 0.2) is 78.1 Å². The van der Waals surface area contributed by atoms with Crippen LogP contribution < -0.4 is 0 Å². The normalized spacial score (nSPS) is 12.0. The van der Waals surface area contributed by atoms with E-state index in [-0.39, 0.29) is 48.9 Å². The number of hydrogen-bond acceptors (Lipinski definition) is 5. The molecule has 3 heterocycles. The van der Waals surface area contributed by atoms with Crippen molar-refractivity contribution in [3.63, 3.8) is 0 Å². The van der Waals surface area contributed by atoms with Crippen molar-refractivity contribution in [1.82, 2.24) is 9.97 Å². The molecule has 263 valence electrons. The standard InChI is InChI=1S/C30H29N2S.C13H24O2.Ir/c1-19(2)14-28-24-11-13-33-29(24)25(18-32-28)21-10-12-31-27(17-21)22-15-20-8-6-7-9-23(20)26(16-22)30(3,4)5;1-5-10(6-2)12(14)9-13(15)11(7-3)8-4;/h6-13,16-19H,14H2,1-5H3;9-11,14H,5-8H2,1-4H3;/q-1;;/b;12-9-;. The summed E-state index contributed by atoms with van der Waals surface area (Å²) in [5.74, 6) is 1.13. The van der Waals surface area contributed by atoms with Gasteiger partial charge < -0.3 is 5.11 Å². The number of benzene rings is 2. The van der Waals surface area contributed by atoms with Crippen LogP contribution >= 0.6 is 11.3 Å². The van der Waals surface area contributed by atoms with Crippen LogP contribution in [-0.4, -0.2) is 20.9 Å². The van der Waals surface area contributed by atoms with E-state index in [9.17, 15) is 9.90 Å². The zero-order valence-electron chi connectivity index (χ0n) is 30.7. The van der Waals surface area contributed by atoms with Crippen LogP contribution in [-0.2, 0) is 36.7 Å². The minimum Gasteiger partial charge on any atom is -0.512 e. The zero-order valence-corrected chi connectivity index (χ0v) is 33.9. The fourth-order valence-electron chi connectivity index (χ4n) is 6.28. The van der Waals surface area contributed by atoms with Gasteiger partial charge in [0.25, 0.3) is 0 Å². The maximum atomic E-state index is 11.7. The van der Waals surface area contributed by atoms with E-state index in [1.54, 1.807) is 11.3 Å². The summed E-state index contributed by atoms with van der Waals surface area (Å²) in [6.45, 7) is 19.4. The van der Waals surface area contributed by atoms with Crippen LogP contribution in [0.4, 0.5) is 0 Å². The summed E-state index contributed by atoms with van der Waals surface area (Å²) in [5.41, 5.74) is 6.84. The number of carbonyl (C=O) groups is 1. The molecule has 4 nitrogen and oxygen atoms in total. The van der Waals surface area contributed by atoms with Gasteiger partial charge in [-0.15, -0.1) is 40.5 Å². The molecule has 0 bridgehead atoms. The number of ketones is 1. The van der Waals surface area contributed by atoms with Gasteiger partial charge in [0, 0.05) is 77.4 Å². The maximum absolute atomic E-state index is 11.7. The molecule has 0 aliphatic rings. The van der Waals surface area contributed by atoms with Crippen LogP contribution in [0, 0.1) is 23.8 Å². The Bertz CT molecular complexity index is 1860. The Morgan fingerprint density at radius 3 is 2.22 bits per heavy atom. The van der Waals surface area contributed by atoms with Crippen molar-refractivity contribution in [3.05, 3.63) is 95.5 Å². The fraction of sp³-hybridized carbons (Fsp3) is 0.419. The number of aliphatic hydroxyl groups is 1. The first-order valence-electron chi connectivity index (χ1n) is 17.6. The summed E-state index contributed by atoms with van der Waals surface area (Å²) in [4.78, 5) is 21.3. The van der Waals surface area contributed by atoms with E-state index in [1.807, 2.05) is 40.1 Å². The molecule has 1 radical (unpaired) electrons. The van der Waals surface area contributed by atoms with Crippen molar-refractivity contribution in [1.29, 1.82) is 0 Å². The molecular weight excluding hydrogens is 801 g/mol. The first kappa shape index (κ1) is 40.3. The average molecular weight is 854 g/mol. The van der Waals surface area contributed by atoms with E-state index in [1.165, 1.54) is 38.4 Å². The van der Waals surface area contributed by atoms with E-state index in [2.05, 4.69) is 94.6 Å². The molecule has 0 fully saturated rings. The monoisotopic (exact) mass is 854 g/mol. The number of thiophene rings is 1. The largest absolute Gasteiger partial charge is 0.512 e. The molecule has 0 saturated carbocycles. The summed E-state index contributed by atoms with van der Waals surface area (Å²) < 4.78 is 1.30. The molecule has 2 aromatic carbocycles. The van der Waals surface area contributed by atoms with E-state index >= 15 is 0 Å². The van der Waals surface area contributed by atoms with Gasteiger partial charge in [0.1, 0.15) is 0 Å². The van der Waals surface area contributed by atoms with Gasteiger partial charge in [-0.2, -0.15) is 0 Å². The second-order valence-electron chi connectivity index (χ2n) is 14.2. The second-order valence-corrected chi connectivity index (χ2v) is 15.1. The number of pyridine rings is 2. The van der Waals surface area contributed by atoms with Crippen LogP contribution in [0.2, 0.25) is 0 Å². The van der Waals surface area contributed by atoms with Crippen molar-refractivity contribution < 1.29 is 30.0 Å². The van der Waals surface area contributed by atoms with Crippen molar-refractivity contribution in [2.75, 3.05) is 0 Å². The van der Waals surface area contributed by atoms with Gasteiger partial charge in [-0.1, -0.05) is 97.5 Å². The average Bonchev–Trinajstić information content (AvgIpc) is 3.56. The Labute approximate surface area is 311 Å². The summed E-state index contributed by atoms with van der Waals surface area (Å²) in [7, 11) is 0. The summed E-state index contributed by atoms with van der Waals surface area (Å²) in [6, 6.07) is 20.9. The molecule has 5 rings (SSSR count). The Hall–Kier alpha value is -3.18. The predicted octanol–water partition coefficient (Wildman–Crippen LogP) is 12.3. The molecule has 0 saturated heterocycles. The molecule has 0 aliphatic heterocycles. The second kappa shape index (κ2) is 18.2. The minimum absolute atomic E-state index is 0. The Balaban J connectivity index is 0.000000347. The van der Waals surface area contributed by atoms with E-state index in [0.29, 0.717) is 5.92 Å². The SMILES string of the molecule is CC(C)Cc1ncc(-c2ccnc(-c3[c-]c4ccccc4c(C(C)(C)C)c3)c2)c2sccc12.CCC(CC)C(=O)/C=C(\O)C(CC)CC.[Ir]. The molecule has 0 atom stereocenters. The number of aromatic nitrogens is 2. The van der Waals surface area contributed by atoms with Crippen molar-refractivity contribution >= 4 is 38.0 Å². The number of rotatable bonds is 11. The summed E-state index contributed by atoms with van der Waals surface area (Å²) >= 11 is 1.79. The molecule has 0 unspecified atom stereocenters. The Morgan fingerprint density at radius 1 is 0.918 bits per heavy atom. The molecule has 3 aromatic heterocycles. The third-order valence-electron chi connectivity index (χ3n) is 9.18. The third kappa shape index (κ3) is 9.96. The maximum Gasteiger partial charge on any atom is 0.162 e. The van der Waals surface area contributed by atoms with Crippen LogP contribution in [0.3, 0.4) is 0 Å². The number of nitrogens with zero attached hydrogens (tertiary/aromatic N) is 2. The number of carbonyl (C=O) groups excluding carboxylic acids is 1. The zero-order chi connectivity index (χ0) is 35.0. The molecule has 0 spiro atoms. The van der Waals surface area contributed by atoms with Crippen molar-refractivity contribution in [3.8, 4) is 22.4 Å². The molecule has 49 heavy (non-hydrogen) atoms. The number of allylic oxidation sites excluding steroid dienone is 2. The van der Waals surface area contributed by atoms with Gasteiger partial charge in [0.15, 0.2) is 5.78 Å². The van der Waals surface area contributed by atoms with Gasteiger partial charge in [-0.05, 0) is 66.5 Å². The van der Waals surface area contributed by atoms with Crippen molar-refractivity contribution in [2.45, 2.75) is 99.8 Å². The minimum atomic E-state index is 0. The smallest absolute Gasteiger partial charge is 0.162 e. The fourth-order valence-corrected chi connectivity index (χ4v) is 7.23. The Morgan fingerprint density at radius 2 is 1.59 bits per heavy atom. The molecule has 1 N–H and O–H groups in total. The first-order valence-corrected chi connectivity index (χ1v) is 18.5. The number of aliphatic hydroxyl groups excluding tert-OH is 1. The van der Waals surface area contributed by atoms with E-state index in [0.717, 1.165) is 54.3 Å². The molecule has 0 aliphatic carbocycles.